The summed E-state index contributed by atoms with van der Waals surface area (Å²) in [4.78, 5) is 3.85. The smallest absolute Gasteiger partial charge is 0.0507 e. The first-order chi connectivity index (χ1) is 9.33. The number of para-hydroxylation sites is 1. The van der Waals surface area contributed by atoms with Crippen molar-refractivity contribution < 1.29 is 0 Å². The van der Waals surface area contributed by atoms with Crippen LogP contribution < -0.4 is 10.6 Å². The number of thioether (sulfide) groups is 1. The van der Waals surface area contributed by atoms with Crippen LogP contribution in [0.5, 0.6) is 0 Å². The molecule has 1 aliphatic rings. The summed E-state index contributed by atoms with van der Waals surface area (Å²) >= 11 is 1.96. The molecule has 0 saturated carbocycles. The van der Waals surface area contributed by atoms with Gasteiger partial charge in [-0.2, -0.15) is 0 Å². The Bertz CT molecular complexity index is 568. The van der Waals surface area contributed by atoms with E-state index in [0.29, 0.717) is 0 Å². The molecule has 19 heavy (non-hydrogen) atoms. The standard InChI is InChI=1S/C16H18N2S/c17-14-6-3-5-13(11-14)12-18-9-4-10-19-16-8-2-1-7-15(16)18/h1-3,5-8,11H,4,9-10,12,17H2. The lowest BCUT2D eigenvalue weighted by atomic mass is 10.1. The molecule has 0 atom stereocenters. The summed E-state index contributed by atoms with van der Waals surface area (Å²) in [7, 11) is 0. The number of fused-ring (bicyclic) bond motifs is 1. The second-order valence-electron chi connectivity index (χ2n) is 4.84. The van der Waals surface area contributed by atoms with E-state index in [-0.39, 0.29) is 0 Å². The number of rotatable bonds is 2. The van der Waals surface area contributed by atoms with E-state index < -0.39 is 0 Å². The zero-order chi connectivity index (χ0) is 13.1. The molecule has 3 rings (SSSR count). The fourth-order valence-electron chi connectivity index (χ4n) is 2.47. The van der Waals surface area contributed by atoms with Crippen molar-refractivity contribution in [2.75, 3.05) is 22.9 Å². The Hall–Kier alpha value is -1.61. The number of nitrogen functional groups attached to an aromatic ring is 1. The van der Waals surface area contributed by atoms with Crippen molar-refractivity contribution in [1.29, 1.82) is 0 Å². The Labute approximate surface area is 118 Å². The minimum atomic E-state index is 0.843. The van der Waals surface area contributed by atoms with E-state index >= 15 is 0 Å². The van der Waals surface area contributed by atoms with Crippen LogP contribution in [0.1, 0.15) is 12.0 Å². The van der Waals surface area contributed by atoms with E-state index in [1.807, 2.05) is 23.9 Å². The lowest BCUT2D eigenvalue weighted by Crippen LogP contribution is -2.23. The van der Waals surface area contributed by atoms with Gasteiger partial charge in [-0.25, -0.2) is 0 Å². The minimum Gasteiger partial charge on any atom is -0.399 e. The Morgan fingerprint density at radius 1 is 1.11 bits per heavy atom. The molecule has 3 heteroatoms. The van der Waals surface area contributed by atoms with E-state index in [0.717, 1.165) is 18.8 Å². The van der Waals surface area contributed by atoms with Gasteiger partial charge in [0, 0.05) is 23.7 Å². The second-order valence-corrected chi connectivity index (χ2v) is 5.97. The van der Waals surface area contributed by atoms with Gasteiger partial charge in [0.1, 0.15) is 0 Å². The molecule has 0 fully saturated rings. The van der Waals surface area contributed by atoms with Crippen LogP contribution in [0.25, 0.3) is 0 Å². The summed E-state index contributed by atoms with van der Waals surface area (Å²) in [5, 5.41) is 0. The summed E-state index contributed by atoms with van der Waals surface area (Å²) in [6.07, 6.45) is 1.22. The largest absolute Gasteiger partial charge is 0.399 e. The lowest BCUT2D eigenvalue weighted by Gasteiger charge is -2.24. The highest BCUT2D eigenvalue weighted by atomic mass is 32.2. The van der Waals surface area contributed by atoms with Crippen molar-refractivity contribution in [3.05, 3.63) is 54.1 Å². The molecule has 0 radical (unpaired) electrons. The molecular weight excluding hydrogens is 252 g/mol. The Morgan fingerprint density at radius 2 is 2.00 bits per heavy atom. The first-order valence-electron chi connectivity index (χ1n) is 6.64. The van der Waals surface area contributed by atoms with Gasteiger partial charge in [-0.05, 0) is 42.0 Å². The van der Waals surface area contributed by atoms with Crippen LogP contribution in [0.15, 0.2) is 53.4 Å². The predicted octanol–water partition coefficient (Wildman–Crippen LogP) is 3.77. The van der Waals surface area contributed by atoms with Gasteiger partial charge in [0.25, 0.3) is 0 Å². The third kappa shape index (κ3) is 2.87. The first kappa shape index (κ1) is 12.4. The summed E-state index contributed by atoms with van der Waals surface area (Å²) in [5.74, 6) is 1.20. The van der Waals surface area contributed by atoms with Gasteiger partial charge in [-0.1, -0.05) is 24.3 Å². The molecule has 2 nitrogen and oxygen atoms in total. The maximum Gasteiger partial charge on any atom is 0.0507 e. The van der Waals surface area contributed by atoms with E-state index in [1.54, 1.807) is 0 Å². The fourth-order valence-corrected chi connectivity index (χ4v) is 3.49. The maximum absolute atomic E-state index is 5.87. The molecular formula is C16H18N2S. The predicted molar refractivity (Wildman–Crippen MR) is 83.7 cm³/mol. The van der Waals surface area contributed by atoms with Crippen molar-refractivity contribution in [3.63, 3.8) is 0 Å². The monoisotopic (exact) mass is 270 g/mol. The lowest BCUT2D eigenvalue weighted by molar-refractivity contribution is 0.772. The molecule has 0 saturated heterocycles. The molecule has 2 aromatic carbocycles. The van der Waals surface area contributed by atoms with Crippen molar-refractivity contribution >= 4 is 23.1 Å². The van der Waals surface area contributed by atoms with Gasteiger partial charge >= 0.3 is 0 Å². The topological polar surface area (TPSA) is 29.3 Å². The van der Waals surface area contributed by atoms with Crippen LogP contribution >= 0.6 is 11.8 Å². The summed E-state index contributed by atoms with van der Waals surface area (Å²) < 4.78 is 0. The highest BCUT2D eigenvalue weighted by Crippen LogP contribution is 2.34. The van der Waals surface area contributed by atoms with Gasteiger partial charge in [0.2, 0.25) is 0 Å². The zero-order valence-corrected chi connectivity index (χ0v) is 11.7. The molecule has 0 bridgehead atoms. The number of nitrogens with two attached hydrogens (primary N) is 1. The number of hydrogen-bond acceptors (Lipinski definition) is 3. The van der Waals surface area contributed by atoms with Crippen LogP contribution in [0, 0.1) is 0 Å². The first-order valence-corrected chi connectivity index (χ1v) is 7.63. The number of benzene rings is 2. The van der Waals surface area contributed by atoms with Crippen LogP contribution in [0.4, 0.5) is 11.4 Å². The van der Waals surface area contributed by atoms with Gasteiger partial charge in [-0.3, -0.25) is 0 Å². The third-order valence-electron chi connectivity index (χ3n) is 3.36. The van der Waals surface area contributed by atoms with Crippen molar-refractivity contribution in [3.8, 4) is 0 Å². The van der Waals surface area contributed by atoms with Crippen molar-refractivity contribution in [1.82, 2.24) is 0 Å². The molecule has 1 heterocycles. The Morgan fingerprint density at radius 3 is 2.89 bits per heavy atom. The van der Waals surface area contributed by atoms with Gasteiger partial charge in [0.05, 0.1) is 5.69 Å². The molecule has 98 valence electrons. The van der Waals surface area contributed by atoms with E-state index in [4.69, 9.17) is 5.73 Å². The second kappa shape index (κ2) is 5.57. The van der Waals surface area contributed by atoms with E-state index in [2.05, 4.69) is 41.3 Å². The van der Waals surface area contributed by atoms with Gasteiger partial charge in [-0.15, -0.1) is 11.8 Å². The molecule has 0 aliphatic carbocycles. The molecule has 1 aliphatic heterocycles. The fraction of sp³-hybridized carbons (Fsp3) is 0.250. The summed E-state index contributed by atoms with van der Waals surface area (Å²) in [6.45, 7) is 2.04. The summed E-state index contributed by atoms with van der Waals surface area (Å²) in [6, 6.07) is 16.9. The van der Waals surface area contributed by atoms with Crippen LogP contribution in [-0.4, -0.2) is 12.3 Å². The molecule has 0 unspecified atom stereocenters. The maximum atomic E-state index is 5.87. The molecule has 0 aromatic heterocycles. The third-order valence-corrected chi connectivity index (χ3v) is 4.51. The number of anilines is 2. The summed E-state index contributed by atoms with van der Waals surface area (Å²) in [5.41, 5.74) is 9.34. The van der Waals surface area contributed by atoms with Crippen molar-refractivity contribution in [2.45, 2.75) is 17.9 Å². The highest BCUT2D eigenvalue weighted by Gasteiger charge is 2.15. The average Bonchev–Trinajstić information content (AvgIpc) is 2.62. The molecule has 0 amide bonds. The quantitative estimate of drug-likeness (QED) is 0.842. The van der Waals surface area contributed by atoms with E-state index in [1.165, 1.54) is 28.3 Å². The molecule has 2 N–H and O–H groups in total. The van der Waals surface area contributed by atoms with Gasteiger partial charge < -0.3 is 10.6 Å². The Balaban J connectivity index is 1.88. The molecule has 2 aromatic rings. The molecule has 0 spiro atoms. The SMILES string of the molecule is Nc1cccc(CN2CCCSc3ccccc32)c1. The van der Waals surface area contributed by atoms with E-state index in [9.17, 15) is 0 Å². The normalized spacial score (nSPS) is 14.8. The van der Waals surface area contributed by atoms with Crippen LogP contribution in [-0.2, 0) is 6.54 Å². The van der Waals surface area contributed by atoms with Crippen LogP contribution in [0.2, 0.25) is 0 Å². The average molecular weight is 270 g/mol. The Kier molecular flexibility index (Phi) is 3.65. The number of nitrogens with zero attached hydrogens (tertiary/aromatic N) is 1. The minimum absolute atomic E-state index is 0.843. The van der Waals surface area contributed by atoms with Crippen LogP contribution in [0.3, 0.4) is 0 Å². The number of hydrogen-bond donors (Lipinski definition) is 1. The van der Waals surface area contributed by atoms with Crippen molar-refractivity contribution in [2.24, 2.45) is 0 Å². The zero-order valence-electron chi connectivity index (χ0n) is 10.9. The van der Waals surface area contributed by atoms with Gasteiger partial charge in [0.15, 0.2) is 0 Å². The highest BCUT2D eigenvalue weighted by molar-refractivity contribution is 7.99.